The summed E-state index contributed by atoms with van der Waals surface area (Å²) in [7, 11) is 0. The zero-order chi connectivity index (χ0) is 18.0. The van der Waals surface area contributed by atoms with Crippen LogP contribution in [0, 0.1) is 0 Å². The number of nitrogens with zero attached hydrogens (tertiary/aromatic N) is 1. The largest absolute Gasteiger partial charge is 0.383 e. The van der Waals surface area contributed by atoms with E-state index in [0.29, 0.717) is 12.4 Å². The van der Waals surface area contributed by atoms with Crippen LogP contribution >= 0.6 is 0 Å². The van der Waals surface area contributed by atoms with Crippen molar-refractivity contribution in [3.8, 4) is 0 Å². The third kappa shape index (κ3) is 3.17. The molecule has 0 bridgehead atoms. The number of fused-ring (bicyclic) bond motifs is 1. The fourth-order valence-electron chi connectivity index (χ4n) is 3.44. The minimum atomic E-state index is 0.0505. The topological polar surface area (TPSA) is 38.4 Å². The molecule has 0 spiro atoms. The highest BCUT2D eigenvalue weighted by Gasteiger charge is 2.34. The van der Waals surface area contributed by atoms with Gasteiger partial charge in [0.05, 0.1) is 6.54 Å². The smallest absolute Gasteiger partial charge is 0.125 e. The summed E-state index contributed by atoms with van der Waals surface area (Å²) in [4.78, 5) is 4.58. The van der Waals surface area contributed by atoms with E-state index in [0.717, 1.165) is 5.56 Å². The molecule has 0 unspecified atom stereocenters. The number of amidine groups is 1. The lowest BCUT2D eigenvalue weighted by Crippen LogP contribution is -2.16. The molecular formula is C23H26N2. The summed E-state index contributed by atoms with van der Waals surface area (Å²) in [6, 6.07) is 16.6. The molecule has 2 heteroatoms. The molecule has 2 nitrogen and oxygen atoms in total. The maximum atomic E-state index is 6.13. The Kier molecular flexibility index (Phi) is 4.63. The van der Waals surface area contributed by atoms with Crippen LogP contribution in [0.5, 0.6) is 0 Å². The van der Waals surface area contributed by atoms with Crippen LogP contribution < -0.4 is 5.73 Å². The average molecular weight is 330 g/mol. The first-order valence-electron chi connectivity index (χ1n) is 8.78. The molecule has 1 aliphatic rings. The van der Waals surface area contributed by atoms with Gasteiger partial charge in [0, 0.05) is 11.0 Å². The van der Waals surface area contributed by atoms with Gasteiger partial charge in [0.2, 0.25) is 0 Å². The molecule has 0 heterocycles. The molecule has 128 valence electrons. The minimum absolute atomic E-state index is 0.0505. The van der Waals surface area contributed by atoms with E-state index >= 15 is 0 Å². The highest BCUT2D eigenvalue weighted by atomic mass is 14.8. The Balaban J connectivity index is 1.90. The zero-order valence-corrected chi connectivity index (χ0v) is 15.5. The Labute approximate surface area is 150 Å². The van der Waals surface area contributed by atoms with Gasteiger partial charge in [-0.25, -0.2) is 0 Å². The zero-order valence-electron chi connectivity index (χ0n) is 15.5. The molecular weight excluding hydrogens is 304 g/mol. The van der Waals surface area contributed by atoms with Crippen LogP contribution in [-0.4, -0.2) is 5.84 Å². The van der Waals surface area contributed by atoms with Crippen molar-refractivity contribution in [3.05, 3.63) is 88.5 Å². The normalized spacial score (nSPS) is 16.6. The lowest BCUT2D eigenvalue weighted by Gasteiger charge is -2.22. The molecule has 0 aromatic heterocycles. The third-order valence-electron chi connectivity index (χ3n) is 5.22. The summed E-state index contributed by atoms with van der Waals surface area (Å²) < 4.78 is 0. The molecule has 0 fully saturated rings. The van der Waals surface area contributed by atoms with E-state index in [9.17, 15) is 0 Å². The molecule has 3 rings (SSSR count). The van der Waals surface area contributed by atoms with Crippen molar-refractivity contribution in [1.29, 1.82) is 0 Å². The van der Waals surface area contributed by atoms with Crippen LogP contribution in [-0.2, 0) is 12.0 Å². The highest BCUT2D eigenvalue weighted by Crippen LogP contribution is 2.46. The van der Waals surface area contributed by atoms with Crippen LogP contribution in [0.2, 0.25) is 0 Å². The molecule has 0 saturated heterocycles. The number of hydrogen-bond donors (Lipinski definition) is 1. The number of allylic oxidation sites excluding steroid dienone is 4. The van der Waals surface area contributed by atoms with Crippen molar-refractivity contribution in [2.45, 2.75) is 39.7 Å². The second-order valence-corrected chi connectivity index (χ2v) is 7.11. The number of nitrogens with two attached hydrogens (primary N) is 1. The maximum absolute atomic E-state index is 6.13. The van der Waals surface area contributed by atoms with Crippen molar-refractivity contribution >= 4 is 11.4 Å². The van der Waals surface area contributed by atoms with Gasteiger partial charge < -0.3 is 5.73 Å². The van der Waals surface area contributed by atoms with E-state index < -0.39 is 0 Å². The van der Waals surface area contributed by atoms with Crippen molar-refractivity contribution in [2.24, 2.45) is 10.7 Å². The summed E-state index contributed by atoms with van der Waals surface area (Å²) in [5, 5.41) is 0. The van der Waals surface area contributed by atoms with Crippen LogP contribution in [0.4, 0.5) is 0 Å². The molecule has 0 saturated carbocycles. The van der Waals surface area contributed by atoms with Gasteiger partial charge in [-0.15, -0.1) is 0 Å². The summed E-state index contributed by atoms with van der Waals surface area (Å²) in [6.45, 7) is 9.50. The Hall–Kier alpha value is -2.61. The molecule has 0 radical (unpaired) electrons. The lowest BCUT2D eigenvalue weighted by atomic mass is 9.81. The SMILES string of the molecule is C/C=C\C1=C(C)C(C)(C)c2cc(CN=C(N)c3ccccc3)ccc21. The average Bonchev–Trinajstić information content (AvgIpc) is 2.81. The summed E-state index contributed by atoms with van der Waals surface area (Å²) in [6.07, 6.45) is 4.33. The van der Waals surface area contributed by atoms with E-state index in [1.807, 2.05) is 30.3 Å². The Morgan fingerprint density at radius 2 is 1.84 bits per heavy atom. The quantitative estimate of drug-likeness (QED) is 0.605. The highest BCUT2D eigenvalue weighted by molar-refractivity contribution is 5.97. The predicted molar refractivity (Wildman–Crippen MR) is 108 cm³/mol. The summed E-state index contributed by atoms with van der Waals surface area (Å²) in [5.74, 6) is 0.587. The standard InChI is InChI=1S/C23H26N2/c1-5-9-19-16(2)23(3,4)21-14-17(12-13-20(19)21)15-25-22(24)18-10-7-6-8-11-18/h5-14H,15H2,1-4H3,(H2,24,25)/b9-5-. The van der Waals surface area contributed by atoms with E-state index in [1.165, 1.54) is 27.8 Å². The van der Waals surface area contributed by atoms with Gasteiger partial charge >= 0.3 is 0 Å². The van der Waals surface area contributed by atoms with Crippen LogP contribution in [0.25, 0.3) is 5.57 Å². The van der Waals surface area contributed by atoms with Gasteiger partial charge in [-0.1, -0.05) is 80.1 Å². The van der Waals surface area contributed by atoms with E-state index in [2.05, 4.69) is 63.0 Å². The minimum Gasteiger partial charge on any atom is -0.383 e. The fraction of sp³-hybridized carbons (Fsp3) is 0.261. The number of benzene rings is 2. The number of hydrogen-bond acceptors (Lipinski definition) is 1. The first-order chi connectivity index (χ1) is 11.9. The third-order valence-corrected chi connectivity index (χ3v) is 5.22. The van der Waals surface area contributed by atoms with E-state index in [1.54, 1.807) is 0 Å². The second kappa shape index (κ2) is 6.72. The monoisotopic (exact) mass is 330 g/mol. The summed E-state index contributed by atoms with van der Waals surface area (Å²) >= 11 is 0. The van der Waals surface area contributed by atoms with Crippen molar-refractivity contribution in [2.75, 3.05) is 0 Å². The van der Waals surface area contributed by atoms with Crippen LogP contribution in [0.1, 0.15) is 49.9 Å². The first kappa shape index (κ1) is 17.2. The van der Waals surface area contributed by atoms with Crippen LogP contribution in [0.15, 0.2) is 71.2 Å². The molecule has 0 atom stereocenters. The van der Waals surface area contributed by atoms with Gasteiger partial charge in [0.15, 0.2) is 0 Å². The predicted octanol–water partition coefficient (Wildman–Crippen LogP) is 5.23. The maximum Gasteiger partial charge on any atom is 0.125 e. The molecule has 0 amide bonds. The number of rotatable bonds is 4. The fourth-order valence-corrected chi connectivity index (χ4v) is 3.44. The van der Waals surface area contributed by atoms with Crippen molar-refractivity contribution < 1.29 is 0 Å². The Morgan fingerprint density at radius 1 is 1.12 bits per heavy atom. The second-order valence-electron chi connectivity index (χ2n) is 7.11. The number of aliphatic imine (C=N–C) groups is 1. The van der Waals surface area contributed by atoms with Gasteiger partial charge in [-0.05, 0) is 36.1 Å². The molecule has 1 aliphatic carbocycles. The van der Waals surface area contributed by atoms with E-state index in [4.69, 9.17) is 5.73 Å². The van der Waals surface area contributed by atoms with Crippen molar-refractivity contribution in [3.63, 3.8) is 0 Å². The van der Waals surface area contributed by atoms with Gasteiger partial charge in [0.1, 0.15) is 5.84 Å². The molecule has 2 aromatic carbocycles. The molecule has 2 aromatic rings. The van der Waals surface area contributed by atoms with Gasteiger partial charge in [-0.2, -0.15) is 0 Å². The van der Waals surface area contributed by atoms with Gasteiger partial charge in [0.25, 0.3) is 0 Å². The van der Waals surface area contributed by atoms with E-state index in [-0.39, 0.29) is 5.41 Å². The molecule has 0 aliphatic heterocycles. The molecule has 25 heavy (non-hydrogen) atoms. The lowest BCUT2D eigenvalue weighted by molar-refractivity contribution is 0.638. The molecule has 2 N–H and O–H groups in total. The first-order valence-corrected chi connectivity index (χ1v) is 8.78. The van der Waals surface area contributed by atoms with Gasteiger partial charge in [-0.3, -0.25) is 4.99 Å². The Morgan fingerprint density at radius 3 is 2.52 bits per heavy atom. The Bertz CT molecular complexity index is 868. The van der Waals surface area contributed by atoms with Crippen LogP contribution in [0.3, 0.4) is 0 Å². The summed E-state index contributed by atoms with van der Waals surface area (Å²) in [5.41, 5.74) is 13.8. The van der Waals surface area contributed by atoms with Crippen molar-refractivity contribution in [1.82, 2.24) is 0 Å².